The first-order valence-electron chi connectivity index (χ1n) is 12.0. The maximum absolute atomic E-state index is 11.6. The summed E-state index contributed by atoms with van der Waals surface area (Å²) in [5.41, 5.74) is 0. The predicted octanol–water partition coefficient (Wildman–Crippen LogP) is 6.75. The van der Waals surface area contributed by atoms with Crippen LogP contribution in [0.2, 0.25) is 0 Å². The second kappa shape index (κ2) is 26.0. The van der Waals surface area contributed by atoms with Gasteiger partial charge in [-0.3, -0.25) is 9.59 Å². The molecule has 0 aromatic heterocycles. The molecule has 1 radical (unpaired) electrons. The smallest absolute Gasteiger partial charge is 0.306 e. The van der Waals surface area contributed by atoms with Crippen molar-refractivity contribution in [3.63, 3.8) is 0 Å². The maximum Gasteiger partial charge on any atom is 0.306 e. The molecule has 29 heavy (non-hydrogen) atoms. The molecule has 0 aliphatic carbocycles. The Balaban J connectivity index is 0. The number of rotatable bonds is 21. The molecule has 5 heteroatoms. The Hall–Kier alpha value is -0.0600. The monoisotopic (exact) mass is 421 g/mol. The van der Waals surface area contributed by atoms with E-state index in [1.165, 1.54) is 77.0 Å². The summed E-state index contributed by atoms with van der Waals surface area (Å²) < 4.78 is 10.4. The van der Waals surface area contributed by atoms with Gasteiger partial charge in [-0.1, -0.05) is 104 Å². The van der Waals surface area contributed by atoms with E-state index >= 15 is 0 Å². The molecule has 167 valence electrons. The summed E-state index contributed by atoms with van der Waals surface area (Å²) in [6.45, 7) is 5.40. The van der Waals surface area contributed by atoms with E-state index < -0.39 is 0 Å². The third kappa shape index (κ3) is 25.9. The molecular formula is C24H46NaO4. The van der Waals surface area contributed by atoms with E-state index in [4.69, 9.17) is 9.47 Å². The van der Waals surface area contributed by atoms with Crippen LogP contribution in [0.25, 0.3) is 0 Å². The van der Waals surface area contributed by atoms with Gasteiger partial charge in [-0.15, -0.1) is 0 Å². The first-order chi connectivity index (χ1) is 13.7. The molecule has 4 nitrogen and oxygen atoms in total. The molecule has 0 aromatic rings. The topological polar surface area (TPSA) is 52.6 Å². The van der Waals surface area contributed by atoms with Gasteiger partial charge >= 0.3 is 11.9 Å². The summed E-state index contributed by atoms with van der Waals surface area (Å²) in [5, 5.41) is 0. The number of esters is 2. The Labute approximate surface area is 202 Å². The molecule has 0 saturated carbocycles. The van der Waals surface area contributed by atoms with Crippen LogP contribution in [0.5, 0.6) is 0 Å². The third-order valence-electron chi connectivity index (χ3n) is 5.06. The van der Waals surface area contributed by atoms with Gasteiger partial charge in [0.25, 0.3) is 0 Å². The second-order valence-electron chi connectivity index (χ2n) is 7.89. The van der Waals surface area contributed by atoms with E-state index in [1.807, 2.05) is 0 Å². The van der Waals surface area contributed by atoms with Crippen LogP contribution in [-0.4, -0.2) is 54.7 Å². The van der Waals surface area contributed by atoms with Gasteiger partial charge in [-0.2, -0.15) is 0 Å². The number of unbranched alkanes of at least 4 members (excludes halogenated alkanes) is 14. The molecule has 0 saturated heterocycles. The fourth-order valence-corrected chi connectivity index (χ4v) is 3.19. The van der Waals surface area contributed by atoms with Crippen molar-refractivity contribution in [1.29, 1.82) is 0 Å². The minimum atomic E-state index is -0.285. The molecule has 0 atom stereocenters. The van der Waals surface area contributed by atoms with Gasteiger partial charge in [-0.05, 0) is 12.8 Å². The average molecular weight is 422 g/mol. The van der Waals surface area contributed by atoms with Gasteiger partial charge in [-0.25, -0.2) is 0 Å². The largest absolute Gasteiger partial charge is 0.466 e. The zero-order valence-corrected chi connectivity index (χ0v) is 21.8. The third-order valence-corrected chi connectivity index (χ3v) is 5.06. The maximum atomic E-state index is 11.6. The van der Waals surface area contributed by atoms with Crippen LogP contribution in [0, 0.1) is 0 Å². The van der Waals surface area contributed by atoms with Crippen LogP contribution in [0.15, 0.2) is 0 Å². The molecule has 0 rings (SSSR count). The van der Waals surface area contributed by atoms with Crippen molar-refractivity contribution in [1.82, 2.24) is 0 Å². The summed E-state index contributed by atoms with van der Waals surface area (Å²) in [4.78, 5) is 23.3. The van der Waals surface area contributed by atoms with Crippen LogP contribution in [0.3, 0.4) is 0 Å². The zero-order valence-electron chi connectivity index (χ0n) is 19.8. The molecule has 0 unspecified atom stereocenters. The zero-order chi connectivity index (χ0) is 20.7. The fourth-order valence-electron chi connectivity index (χ4n) is 3.19. The summed E-state index contributed by atoms with van der Waals surface area (Å²) in [7, 11) is 0. The van der Waals surface area contributed by atoms with Crippen LogP contribution in [-0.2, 0) is 19.1 Å². The Kier molecular flexibility index (Phi) is 27.9. The van der Waals surface area contributed by atoms with E-state index in [0.29, 0.717) is 13.2 Å². The van der Waals surface area contributed by atoms with Crippen molar-refractivity contribution < 1.29 is 19.1 Å². The van der Waals surface area contributed by atoms with E-state index in [1.54, 1.807) is 0 Å². The number of hydrogen-bond acceptors (Lipinski definition) is 4. The first-order valence-corrected chi connectivity index (χ1v) is 12.0. The molecule has 0 fully saturated rings. The van der Waals surface area contributed by atoms with Crippen LogP contribution < -0.4 is 0 Å². The van der Waals surface area contributed by atoms with Gasteiger partial charge in [0, 0.05) is 29.6 Å². The molecule has 0 aliphatic rings. The molecule has 0 bridgehead atoms. The molecule has 0 amide bonds. The van der Waals surface area contributed by atoms with Crippen molar-refractivity contribution in [3.05, 3.63) is 0 Å². The van der Waals surface area contributed by atoms with Crippen molar-refractivity contribution in [2.75, 3.05) is 13.2 Å². The van der Waals surface area contributed by atoms with Crippen LogP contribution in [0.4, 0.5) is 0 Å². The minimum absolute atomic E-state index is 0. The summed E-state index contributed by atoms with van der Waals surface area (Å²) in [6, 6.07) is 0. The SMILES string of the molecule is CCCCCCCCCCOC(=O)CCC(=O)OCCCCCCCCCC.[Na]. The molecular weight excluding hydrogens is 375 g/mol. The van der Waals surface area contributed by atoms with Gasteiger partial charge in [0.15, 0.2) is 0 Å². The Morgan fingerprint density at radius 1 is 0.483 bits per heavy atom. The van der Waals surface area contributed by atoms with Crippen LogP contribution in [0.1, 0.15) is 129 Å². The average Bonchev–Trinajstić information content (AvgIpc) is 2.69. The number of hydrogen-bond donors (Lipinski definition) is 0. The van der Waals surface area contributed by atoms with Gasteiger partial charge < -0.3 is 9.47 Å². The van der Waals surface area contributed by atoms with Crippen molar-refractivity contribution >= 4 is 41.5 Å². The molecule has 0 aromatic carbocycles. The number of carbonyl (C=O) groups excluding carboxylic acids is 2. The minimum Gasteiger partial charge on any atom is -0.466 e. The summed E-state index contributed by atoms with van der Waals surface area (Å²) >= 11 is 0. The van der Waals surface area contributed by atoms with Crippen molar-refractivity contribution in [2.45, 2.75) is 129 Å². The summed E-state index contributed by atoms with van der Waals surface area (Å²) in [5.74, 6) is -0.570. The Morgan fingerprint density at radius 2 is 0.759 bits per heavy atom. The number of ether oxygens (including phenoxy) is 2. The fraction of sp³-hybridized carbons (Fsp3) is 0.917. The van der Waals surface area contributed by atoms with E-state index in [2.05, 4.69) is 13.8 Å². The van der Waals surface area contributed by atoms with Gasteiger partial charge in [0.2, 0.25) is 0 Å². The van der Waals surface area contributed by atoms with E-state index in [9.17, 15) is 9.59 Å². The molecule has 0 heterocycles. The first kappa shape index (κ1) is 31.1. The Bertz CT molecular complexity index is 327. The molecule has 0 spiro atoms. The standard InChI is InChI=1S/C24H46O4.Na/c1-3-5-7-9-11-13-15-17-21-27-23(25)19-20-24(26)28-22-18-16-14-12-10-8-6-4-2;/h3-22H2,1-2H3;. The molecule has 0 N–H and O–H groups in total. The number of carbonyl (C=O) groups is 2. The van der Waals surface area contributed by atoms with E-state index in [-0.39, 0.29) is 54.3 Å². The normalized spacial score (nSPS) is 10.4. The quantitative estimate of drug-likeness (QED) is 0.117. The predicted molar refractivity (Wildman–Crippen MR) is 122 cm³/mol. The van der Waals surface area contributed by atoms with Crippen LogP contribution >= 0.6 is 0 Å². The van der Waals surface area contributed by atoms with Gasteiger partial charge in [0.1, 0.15) is 0 Å². The molecule has 0 aliphatic heterocycles. The Morgan fingerprint density at radius 3 is 1.07 bits per heavy atom. The van der Waals surface area contributed by atoms with E-state index in [0.717, 1.165) is 25.7 Å². The van der Waals surface area contributed by atoms with Gasteiger partial charge in [0.05, 0.1) is 26.1 Å². The van der Waals surface area contributed by atoms with Crippen molar-refractivity contribution in [3.8, 4) is 0 Å². The van der Waals surface area contributed by atoms with Crippen molar-refractivity contribution in [2.24, 2.45) is 0 Å². The second-order valence-corrected chi connectivity index (χ2v) is 7.89. The summed E-state index contributed by atoms with van der Waals surface area (Å²) in [6.07, 6.45) is 19.8.